The average molecular weight is 360 g/mol. The lowest BCUT2D eigenvalue weighted by atomic mass is 9.94. The summed E-state index contributed by atoms with van der Waals surface area (Å²) >= 11 is 1.45. The molecule has 1 amide bonds. The Bertz CT molecular complexity index is 770. The van der Waals surface area contributed by atoms with Crippen molar-refractivity contribution in [2.75, 3.05) is 14.2 Å². The molecule has 1 saturated heterocycles. The highest BCUT2D eigenvalue weighted by molar-refractivity contribution is 8.15. The number of rotatable bonds is 4. The standard InChI is InChI=1S/C18H20N2O4S/c1-5-13-16(21)20-15(11-6-8-12(23-3)9-7-11)14(17(22)24-4)10(2)19-18(20)25-13/h6-9,13,15H,5H2,1-4H3/t13-,15+/m0/s1. The van der Waals surface area contributed by atoms with Gasteiger partial charge in [-0.05, 0) is 31.0 Å². The van der Waals surface area contributed by atoms with Gasteiger partial charge in [0.1, 0.15) is 5.75 Å². The summed E-state index contributed by atoms with van der Waals surface area (Å²) in [6.07, 6.45) is 0.709. The third kappa shape index (κ3) is 2.93. The SMILES string of the molecule is CC[C@@H]1SC2=NC(C)=C(C(=O)OC)[C@@H](c3ccc(OC)cc3)N2C1=O. The highest BCUT2D eigenvalue weighted by Gasteiger charge is 2.47. The zero-order valence-corrected chi connectivity index (χ0v) is 15.4. The Morgan fingerprint density at radius 2 is 1.96 bits per heavy atom. The molecule has 1 aromatic carbocycles. The molecule has 2 aliphatic rings. The van der Waals surface area contributed by atoms with E-state index in [0.29, 0.717) is 28.6 Å². The summed E-state index contributed by atoms with van der Waals surface area (Å²) < 4.78 is 10.2. The largest absolute Gasteiger partial charge is 0.497 e. The van der Waals surface area contributed by atoms with Crippen LogP contribution >= 0.6 is 11.8 Å². The lowest BCUT2D eigenvalue weighted by Gasteiger charge is -2.32. The maximum absolute atomic E-state index is 12.9. The summed E-state index contributed by atoms with van der Waals surface area (Å²) in [5.41, 5.74) is 1.79. The molecule has 1 fully saturated rings. The van der Waals surface area contributed by atoms with Crippen molar-refractivity contribution in [3.63, 3.8) is 0 Å². The van der Waals surface area contributed by atoms with Gasteiger partial charge >= 0.3 is 5.97 Å². The molecular formula is C18H20N2O4S. The van der Waals surface area contributed by atoms with E-state index in [-0.39, 0.29) is 11.2 Å². The van der Waals surface area contributed by atoms with Crippen LogP contribution in [0.5, 0.6) is 5.75 Å². The van der Waals surface area contributed by atoms with Crippen molar-refractivity contribution in [2.24, 2.45) is 4.99 Å². The van der Waals surface area contributed by atoms with Gasteiger partial charge in [0.25, 0.3) is 0 Å². The first-order valence-electron chi connectivity index (χ1n) is 8.03. The maximum Gasteiger partial charge on any atom is 0.338 e. The number of hydrogen-bond donors (Lipinski definition) is 0. The Hall–Kier alpha value is -2.28. The van der Waals surface area contributed by atoms with Gasteiger partial charge in [0.2, 0.25) is 5.91 Å². The van der Waals surface area contributed by atoms with Gasteiger partial charge in [0, 0.05) is 0 Å². The summed E-state index contributed by atoms with van der Waals surface area (Å²) in [6, 6.07) is 6.81. The van der Waals surface area contributed by atoms with E-state index in [0.717, 1.165) is 5.56 Å². The number of amides is 1. The lowest BCUT2D eigenvalue weighted by molar-refractivity contribution is -0.137. The minimum absolute atomic E-state index is 0.0269. The zero-order valence-electron chi connectivity index (χ0n) is 14.6. The molecule has 3 rings (SSSR count). The Balaban J connectivity index is 2.12. The number of ether oxygens (including phenoxy) is 2. The third-order valence-electron chi connectivity index (χ3n) is 4.36. The molecule has 0 spiro atoms. The number of thioether (sulfide) groups is 1. The number of carbonyl (C=O) groups excluding carboxylic acids is 2. The van der Waals surface area contributed by atoms with Gasteiger partial charge in [-0.15, -0.1) is 0 Å². The molecule has 7 heteroatoms. The molecule has 25 heavy (non-hydrogen) atoms. The number of carbonyl (C=O) groups is 2. The van der Waals surface area contributed by atoms with Gasteiger partial charge in [-0.2, -0.15) is 0 Å². The van der Waals surface area contributed by atoms with Crippen LogP contribution in [0.2, 0.25) is 0 Å². The average Bonchev–Trinajstić information content (AvgIpc) is 2.95. The van der Waals surface area contributed by atoms with Gasteiger partial charge in [0.15, 0.2) is 5.17 Å². The zero-order chi connectivity index (χ0) is 18.1. The van der Waals surface area contributed by atoms with Crippen molar-refractivity contribution in [3.05, 3.63) is 41.1 Å². The number of methoxy groups -OCH3 is 2. The molecule has 0 aliphatic carbocycles. The van der Waals surface area contributed by atoms with Crippen LogP contribution < -0.4 is 4.74 Å². The topological polar surface area (TPSA) is 68.2 Å². The first-order valence-corrected chi connectivity index (χ1v) is 8.91. The summed E-state index contributed by atoms with van der Waals surface area (Å²) in [4.78, 5) is 31.4. The highest BCUT2D eigenvalue weighted by atomic mass is 32.2. The van der Waals surface area contributed by atoms with Crippen LogP contribution in [0.15, 0.2) is 40.5 Å². The minimum Gasteiger partial charge on any atom is -0.497 e. The predicted octanol–water partition coefficient (Wildman–Crippen LogP) is 2.91. The Morgan fingerprint density at radius 3 is 2.52 bits per heavy atom. The van der Waals surface area contributed by atoms with Gasteiger partial charge in [-0.25, -0.2) is 9.79 Å². The minimum atomic E-state index is -0.539. The van der Waals surface area contributed by atoms with E-state index in [4.69, 9.17) is 9.47 Å². The van der Waals surface area contributed by atoms with Gasteiger partial charge < -0.3 is 9.47 Å². The van der Waals surface area contributed by atoms with Crippen LogP contribution in [-0.2, 0) is 14.3 Å². The fourth-order valence-corrected chi connectivity index (χ4v) is 4.20. The van der Waals surface area contributed by atoms with Crippen molar-refractivity contribution >= 4 is 28.8 Å². The van der Waals surface area contributed by atoms with Crippen molar-refractivity contribution < 1.29 is 19.1 Å². The Kier molecular flexibility index (Phi) is 4.85. The molecule has 0 saturated carbocycles. The van der Waals surface area contributed by atoms with Gasteiger partial charge in [-0.1, -0.05) is 30.8 Å². The van der Waals surface area contributed by atoms with Crippen LogP contribution in [0, 0.1) is 0 Å². The number of nitrogens with zero attached hydrogens (tertiary/aromatic N) is 2. The molecule has 0 unspecified atom stereocenters. The number of hydrogen-bond acceptors (Lipinski definition) is 6. The van der Waals surface area contributed by atoms with Crippen molar-refractivity contribution in [1.82, 2.24) is 4.90 Å². The monoisotopic (exact) mass is 360 g/mol. The molecule has 0 aromatic heterocycles. The van der Waals surface area contributed by atoms with Crippen molar-refractivity contribution in [1.29, 1.82) is 0 Å². The number of fused-ring (bicyclic) bond motifs is 1. The normalized spacial score (nSPS) is 22.6. The molecule has 0 bridgehead atoms. The van der Waals surface area contributed by atoms with E-state index in [1.54, 1.807) is 18.9 Å². The van der Waals surface area contributed by atoms with E-state index < -0.39 is 12.0 Å². The van der Waals surface area contributed by atoms with Crippen LogP contribution in [-0.4, -0.2) is 41.4 Å². The van der Waals surface area contributed by atoms with E-state index in [9.17, 15) is 9.59 Å². The summed E-state index contributed by atoms with van der Waals surface area (Å²) in [5, 5.41) is 0.465. The molecule has 2 heterocycles. The predicted molar refractivity (Wildman–Crippen MR) is 96.4 cm³/mol. The van der Waals surface area contributed by atoms with Crippen LogP contribution in [0.1, 0.15) is 31.9 Å². The summed E-state index contributed by atoms with van der Waals surface area (Å²) in [7, 11) is 2.93. The summed E-state index contributed by atoms with van der Waals surface area (Å²) in [6.45, 7) is 3.75. The summed E-state index contributed by atoms with van der Waals surface area (Å²) in [5.74, 6) is 0.210. The lowest BCUT2D eigenvalue weighted by Crippen LogP contribution is -2.40. The molecular weight excluding hydrogens is 340 g/mol. The third-order valence-corrected chi connectivity index (χ3v) is 5.68. The van der Waals surface area contributed by atoms with E-state index >= 15 is 0 Å². The van der Waals surface area contributed by atoms with Gasteiger partial charge in [0.05, 0.1) is 36.8 Å². The fraction of sp³-hybridized carbons (Fsp3) is 0.389. The smallest absolute Gasteiger partial charge is 0.338 e. The molecule has 1 aromatic rings. The number of esters is 1. The highest BCUT2D eigenvalue weighted by Crippen LogP contribution is 2.44. The molecule has 0 radical (unpaired) electrons. The Labute approximate surface area is 150 Å². The molecule has 2 aliphatic heterocycles. The second-order valence-corrected chi connectivity index (χ2v) is 6.95. The first kappa shape index (κ1) is 17.5. The van der Waals surface area contributed by atoms with E-state index in [1.165, 1.54) is 18.9 Å². The number of amidine groups is 1. The fourth-order valence-electron chi connectivity index (χ4n) is 3.06. The van der Waals surface area contributed by atoms with Crippen molar-refractivity contribution in [3.8, 4) is 5.75 Å². The molecule has 0 N–H and O–H groups in total. The molecule has 132 valence electrons. The number of aliphatic imine (C=N–C) groups is 1. The molecule has 6 nitrogen and oxygen atoms in total. The number of benzene rings is 1. The Morgan fingerprint density at radius 1 is 1.28 bits per heavy atom. The van der Waals surface area contributed by atoms with E-state index in [1.807, 2.05) is 31.2 Å². The maximum atomic E-state index is 12.9. The van der Waals surface area contributed by atoms with Crippen LogP contribution in [0.3, 0.4) is 0 Å². The quantitative estimate of drug-likeness (QED) is 0.772. The van der Waals surface area contributed by atoms with Crippen LogP contribution in [0.4, 0.5) is 0 Å². The first-order chi connectivity index (χ1) is 12.0. The van der Waals surface area contributed by atoms with Crippen molar-refractivity contribution in [2.45, 2.75) is 31.6 Å². The number of allylic oxidation sites excluding steroid dienone is 1. The van der Waals surface area contributed by atoms with E-state index in [2.05, 4.69) is 4.99 Å². The second-order valence-electron chi connectivity index (χ2n) is 5.78. The van der Waals surface area contributed by atoms with Gasteiger partial charge in [-0.3, -0.25) is 9.69 Å². The second kappa shape index (κ2) is 6.92. The molecule has 2 atom stereocenters. The van der Waals surface area contributed by atoms with Crippen LogP contribution in [0.25, 0.3) is 0 Å².